The summed E-state index contributed by atoms with van der Waals surface area (Å²) in [5, 5.41) is 8.37. The summed E-state index contributed by atoms with van der Waals surface area (Å²) in [6.45, 7) is 0. The first-order valence-corrected chi connectivity index (χ1v) is 4.35. The molecule has 0 aliphatic heterocycles. The molecule has 1 atom stereocenters. The Kier molecular flexibility index (Phi) is 3.64. The molecule has 1 unspecified atom stereocenters. The average molecular weight is 170 g/mol. The number of allylic oxidation sites excluding steroid dienone is 1. The number of carboxylic acid groups (broad SMARTS) is 1. The van der Waals surface area contributed by atoms with Crippen LogP contribution in [0.2, 0.25) is 0 Å². The Balaban J connectivity index is 2.38. The summed E-state index contributed by atoms with van der Waals surface area (Å²) in [5.74, 6) is 0. The largest absolute Gasteiger partial charge is 0.506 e. The van der Waals surface area contributed by atoms with Gasteiger partial charge in [-0.2, -0.15) is 0 Å². The Morgan fingerprint density at radius 2 is 2.25 bits per heavy atom. The molecule has 3 heteroatoms. The minimum absolute atomic E-state index is 0.220. The summed E-state index contributed by atoms with van der Waals surface area (Å²) in [7, 11) is 0. The fourth-order valence-electron chi connectivity index (χ4n) is 1.36. The third-order valence-electron chi connectivity index (χ3n) is 1.96. The van der Waals surface area contributed by atoms with Crippen LogP contribution in [0.25, 0.3) is 0 Å². The molecule has 68 valence electrons. The molecular formula is C9H14O3. The van der Waals surface area contributed by atoms with Gasteiger partial charge in [0.15, 0.2) is 0 Å². The molecule has 0 fully saturated rings. The van der Waals surface area contributed by atoms with Crippen LogP contribution in [0.1, 0.15) is 32.1 Å². The van der Waals surface area contributed by atoms with Crippen molar-refractivity contribution in [1.82, 2.24) is 0 Å². The van der Waals surface area contributed by atoms with E-state index in [1.54, 1.807) is 0 Å². The van der Waals surface area contributed by atoms with Gasteiger partial charge < -0.3 is 9.84 Å². The van der Waals surface area contributed by atoms with Crippen LogP contribution >= 0.6 is 0 Å². The van der Waals surface area contributed by atoms with E-state index < -0.39 is 6.16 Å². The van der Waals surface area contributed by atoms with E-state index in [2.05, 4.69) is 4.74 Å². The molecule has 1 aliphatic rings. The molecule has 1 rings (SSSR count). The molecule has 0 amide bonds. The van der Waals surface area contributed by atoms with Gasteiger partial charge in [-0.3, -0.25) is 0 Å². The van der Waals surface area contributed by atoms with Crippen molar-refractivity contribution in [3.05, 3.63) is 12.2 Å². The van der Waals surface area contributed by atoms with Crippen LogP contribution < -0.4 is 0 Å². The maximum atomic E-state index is 10.2. The van der Waals surface area contributed by atoms with Crippen LogP contribution in [-0.4, -0.2) is 17.4 Å². The molecule has 0 heterocycles. The summed E-state index contributed by atoms with van der Waals surface area (Å²) in [6.07, 6.45) is 7.76. The van der Waals surface area contributed by atoms with Crippen molar-refractivity contribution in [2.45, 2.75) is 38.2 Å². The first-order valence-electron chi connectivity index (χ1n) is 4.35. The van der Waals surface area contributed by atoms with Crippen molar-refractivity contribution in [1.29, 1.82) is 0 Å². The molecule has 0 aromatic heterocycles. The third kappa shape index (κ3) is 3.42. The molecule has 0 radical (unpaired) electrons. The van der Waals surface area contributed by atoms with E-state index in [-0.39, 0.29) is 6.10 Å². The highest BCUT2D eigenvalue weighted by Gasteiger charge is 2.10. The molecule has 1 N–H and O–H groups in total. The molecule has 0 aromatic carbocycles. The van der Waals surface area contributed by atoms with E-state index in [1.165, 1.54) is 12.8 Å². The maximum Gasteiger partial charge on any atom is 0.506 e. The number of hydrogen-bond acceptors (Lipinski definition) is 2. The molecule has 12 heavy (non-hydrogen) atoms. The summed E-state index contributed by atoms with van der Waals surface area (Å²) < 4.78 is 4.66. The SMILES string of the molecule is O=C(O)OC1/C=C/CCCCC1. The molecule has 0 saturated carbocycles. The standard InChI is InChI=1S/C9H14O3/c10-9(11)12-8-6-4-2-1-3-5-7-8/h4,6,8H,1-3,5,7H2,(H,10,11)/b6-4+. The molecule has 0 saturated heterocycles. The predicted molar refractivity (Wildman–Crippen MR) is 45.1 cm³/mol. The van der Waals surface area contributed by atoms with E-state index in [1.807, 2.05) is 12.2 Å². The van der Waals surface area contributed by atoms with Gasteiger partial charge in [-0.15, -0.1) is 0 Å². The predicted octanol–water partition coefficient (Wildman–Crippen LogP) is 2.57. The second kappa shape index (κ2) is 4.80. The highest BCUT2D eigenvalue weighted by molar-refractivity contribution is 5.57. The van der Waals surface area contributed by atoms with Crippen LogP contribution in [0, 0.1) is 0 Å². The van der Waals surface area contributed by atoms with E-state index in [0.717, 1.165) is 19.3 Å². The zero-order valence-electron chi connectivity index (χ0n) is 7.03. The maximum absolute atomic E-state index is 10.2. The van der Waals surface area contributed by atoms with Crippen LogP contribution in [-0.2, 0) is 4.74 Å². The van der Waals surface area contributed by atoms with Gasteiger partial charge in [0, 0.05) is 0 Å². The zero-order chi connectivity index (χ0) is 8.81. The average Bonchev–Trinajstić information content (AvgIpc) is 1.93. The lowest BCUT2D eigenvalue weighted by Gasteiger charge is -2.13. The van der Waals surface area contributed by atoms with E-state index in [4.69, 9.17) is 5.11 Å². The van der Waals surface area contributed by atoms with E-state index in [9.17, 15) is 4.79 Å². The second-order valence-corrected chi connectivity index (χ2v) is 2.99. The minimum atomic E-state index is -1.18. The van der Waals surface area contributed by atoms with Crippen LogP contribution in [0.3, 0.4) is 0 Å². The van der Waals surface area contributed by atoms with Gasteiger partial charge in [-0.05, 0) is 31.8 Å². The van der Waals surface area contributed by atoms with Gasteiger partial charge in [-0.25, -0.2) is 4.79 Å². The lowest BCUT2D eigenvalue weighted by molar-refractivity contribution is 0.0649. The topological polar surface area (TPSA) is 46.5 Å². The highest BCUT2D eigenvalue weighted by atomic mass is 16.7. The lowest BCUT2D eigenvalue weighted by Crippen LogP contribution is -2.14. The Hall–Kier alpha value is -0.990. The number of rotatable bonds is 1. The van der Waals surface area contributed by atoms with Crippen molar-refractivity contribution < 1.29 is 14.6 Å². The summed E-state index contributed by atoms with van der Waals surface area (Å²) in [5.41, 5.74) is 0. The van der Waals surface area contributed by atoms with Gasteiger partial charge in [0.1, 0.15) is 6.10 Å². The third-order valence-corrected chi connectivity index (χ3v) is 1.96. The second-order valence-electron chi connectivity index (χ2n) is 2.99. The van der Waals surface area contributed by atoms with Gasteiger partial charge >= 0.3 is 6.16 Å². The molecular weight excluding hydrogens is 156 g/mol. The normalized spacial score (nSPS) is 26.8. The lowest BCUT2D eigenvalue weighted by atomic mass is 10.0. The van der Waals surface area contributed by atoms with E-state index >= 15 is 0 Å². The van der Waals surface area contributed by atoms with Crippen molar-refractivity contribution >= 4 is 6.16 Å². The molecule has 1 aliphatic carbocycles. The summed E-state index contributed by atoms with van der Waals surface area (Å²) >= 11 is 0. The van der Waals surface area contributed by atoms with Gasteiger partial charge in [0.2, 0.25) is 0 Å². The molecule has 0 aromatic rings. The summed E-state index contributed by atoms with van der Waals surface area (Å²) in [4.78, 5) is 10.2. The number of hydrogen-bond donors (Lipinski definition) is 1. The van der Waals surface area contributed by atoms with Crippen molar-refractivity contribution in [2.24, 2.45) is 0 Å². The van der Waals surface area contributed by atoms with Crippen molar-refractivity contribution in [2.75, 3.05) is 0 Å². The molecule has 0 spiro atoms. The van der Waals surface area contributed by atoms with E-state index in [0.29, 0.717) is 0 Å². The van der Waals surface area contributed by atoms with Crippen molar-refractivity contribution in [3.63, 3.8) is 0 Å². The van der Waals surface area contributed by atoms with Crippen molar-refractivity contribution in [3.8, 4) is 0 Å². The minimum Gasteiger partial charge on any atom is -0.450 e. The van der Waals surface area contributed by atoms with Gasteiger partial charge in [-0.1, -0.05) is 12.5 Å². The quantitative estimate of drug-likeness (QED) is 0.486. The first kappa shape index (κ1) is 9.10. The zero-order valence-corrected chi connectivity index (χ0v) is 7.03. The molecule has 3 nitrogen and oxygen atoms in total. The fourth-order valence-corrected chi connectivity index (χ4v) is 1.36. The Morgan fingerprint density at radius 1 is 1.42 bits per heavy atom. The monoisotopic (exact) mass is 170 g/mol. The van der Waals surface area contributed by atoms with Gasteiger partial charge in [0.25, 0.3) is 0 Å². The number of carbonyl (C=O) groups is 1. The smallest absolute Gasteiger partial charge is 0.450 e. The fraction of sp³-hybridized carbons (Fsp3) is 0.667. The van der Waals surface area contributed by atoms with Crippen LogP contribution in [0.4, 0.5) is 4.79 Å². The van der Waals surface area contributed by atoms with Crippen LogP contribution in [0.15, 0.2) is 12.2 Å². The molecule has 0 bridgehead atoms. The highest BCUT2D eigenvalue weighted by Crippen LogP contribution is 2.13. The number of ether oxygens (including phenoxy) is 1. The van der Waals surface area contributed by atoms with Gasteiger partial charge in [0.05, 0.1) is 0 Å². The summed E-state index contributed by atoms with van der Waals surface area (Å²) in [6, 6.07) is 0. The first-order chi connectivity index (χ1) is 5.79. The Bertz CT molecular complexity index is 175. The Labute approximate surface area is 72.0 Å². The van der Waals surface area contributed by atoms with Crippen LogP contribution in [0.5, 0.6) is 0 Å². The Morgan fingerprint density at radius 3 is 3.00 bits per heavy atom.